The highest BCUT2D eigenvalue weighted by molar-refractivity contribution is 5.85. The number of hydrogen-bond acceptors (Lipinski definition) is 2. The van der Waals surface area contributed by atoms with Crippen molar-refractivity contribution in [2.75, 3.05) is 0 Å². The maximum absolute atomic E-state index is 6.32. The van der Waals surface area contributed by atoms with Crippen molar-refractivity contribution >= 4 is 21.5 Å². The maximum Gasteiger partial charge on any atom is 0.128 e. The molecule has 0 N–H and O–H groups in total. The van der Waals surface area contributed by atoms with Gasteiger partial charge in [-0.1, -0.05) is 86.6 Å². The molecule has 2 nitrogen and oxygen atoms in total. The molecule has 0 saturated heterocycles. The van der Waals surface area contributed by atoms with Gasteiger partial charge in [-0.15, -0.1) is 0 Å². The summed E-state index contributed by atoms with van der Waals surface area (Å²) in [5.74, 6) is 3.39. The third-order valence-electron chi connectivity index (χ3n) is 7.53. The van der Waals surface area contributed by atoms with Crippen molar-refractivity contribution in [1.29, 1.82) is 0 Å². The zero-order valence-corrected chi connectivity index (χ0v) is 20.9. The Morgan fingerprint density at radius 2 is 0.784 bits per heavy atom. The van der Waals surface area contributed by atoms with Gasteiger partial charge in [-0.05, 0) is 92.3 Å². The Hall–Kier alpha value is -4.56. The number of hydrogen-bond donors (Lipinski definition) is 0. The first-order chi connectivity index (χ1) is 18.0. The van der Waals surface area contributed by atoms with E-state index in [1.54, 1.807) is 0 Å². The normalized spacial score (nSPS) is 13.4. The average molecular weight is 479 g/mol. The van der Waals surface area contributed by atoms with E-state index in [1.165, 1.54) is 43.8 Å². The first-order valence-corrected chi connectivity index (χ1v) is 12.7. The van der Waals surface area contributed by atoms with Crippen LogP contribution in [-0.4, -0.2) is 0 Å². The minimum absolute atomic E-state index is 0.170. The highest BCUT2D eigenvalue weighted by Crippen LogP contribution is 2.51. The molecule has 0 unspecified atom stereocenters. The number of benzene rings is 6. The maximum atomic E-state index is 6.32. The number of ether oxygens (including phenoxy) is 2. The van der Waals surface area contributed by atoms with Gasteiger partial charge in [0, 0.05) is 5.41 Å². The molecule has 0 aliphatic heterocycles. The van der Waals surface area contributed by atoms with Crippen LogP contribution >= 0.6 is 0 Å². The first-order valence-electron chi connectivity index (χ1n) is 12.7. The van der Waals surface area contributed by atoms with E-state index < -0.39 is 0 Å². The van der Waals surface area contributed by atoms with Gasteiger partial charge in [0.05, 0.1) is 0 Å². The van der Waals surface area contributed by atoms with Gasteiger partial charge in [0.25, 0.3) is 0 Å². The fraction of sp³-hybridized carbons (Fsp3) is 0.0857. The summed E-state index contributed by atoms with van der Waals surface area (Å²) >= 11 is 0. The van der Waals surface area contributed by atoms with E-state index in [0.717, 1.165) is 23.0 Å². The molecule has 1 aliphatic rings. The predicted molar refractivity (Wildman–Crippen MR) is 152 cm³/mol. The summed E-state index contributed by atoms with van der Waals surface area (Å²) in [6.07, 6.45) is 0. The van der Waals surface area contributed by atoms with Gasteiger partial charge >= 0.3 is 0 Å². The van der Waals surface area contributed by atoms with Crippen LogP contribution in [0, 0.1) is 0 Å². The van der Waals surface area contributed by atoms with Crippen LogP contribution in [0.2, 0.25) is 0 Å². The van der Waals surface area contributed by atoms with Gasteiger partial charge < -0.3 is 9.47 Å². The molecule has 0 aromatic heterocycles. The van der Waals surface area contributed by atoms with Crippen molar-refractivity contribution in [3.8, 4) is 34.1 Å². The minimum atomic E-state index is -0.170. The Morgan fingerprint density at radius 1 is 0.405 bits per heavy atom. The molecule has 178 valence electrons. The molecule has 0 saturated carbocycles. The van der Waals surface area contributed by atoms with Crippen LogP contribution in [-0.2, 0) is 5.41 Å². The summed E-state index contributed by atoms with van der Waals surface area (Å²) in [6, 6.07) is 42.0. The van der Waals surface area contributed by atoms with E-state index in [2.05, 4.69) is 123 Å². The van der Waals surface area contributed by atoms with Crippen LogP contribution in [0.5, 0.6) is 23.0 Å². The molecule has 0 spiro atoms. The van der Waals surface area contributed by atoms with Crippen molar-refractivity contribution in [1.82, 2.24) is 0 Å². The van der Waals surface area contributed by atoms with Gasteiger partial charge in [-0.3, -0.25) is 0 Å². The lowest BCUT2D eigenvalue weighted by Crippen LogP contribution is -2.15. The lowest BCUT2D eigenvalue weighted by molar-refractivity contribution is 0.479. The SMILES string of the molecule is CC1(C)c2cc(Oc3ccc4ccccc4c3)ccc2-c2ccc(Oc3ccc4ccccc4c3)cc21. The molecule has 6 aromatic carbocycles. The van der Waals surface area contributed by atoms with Gasteiger partial charge in [-0.2, -0.15) is 0 Å². The topological polar surface area (TPSA) is 18.5 Å². The molecule has 0 amide bonds. The van der Waals surface area contributed by atoms with Crippen molar-refractivity contribution in [2.45, 2.75) is 19.3 Å². The summed E-state index contributed by atoms with van der Waals surface area (Å²) < 4.78 is 12.6. The largest absolute Gasteiger partial charge is 0.457 e. The van der Waals surface area contributed by atoms with Crippen LogP contribution in [0.4, 0.5) is 0 Å². The quantitative estimate of drug-likeness (QED) is 0.251. The molecule has 1 aliphatic carbocycles. The van der Waals surface area contributed by atoms with Crippen LogP contribution < -0.4 is 9.47 Å². The second-order valence-electron chi connectivity index (χ2n) is 10.3. The Kier molecular flexibility index (Phi) is 4.84. The Morgan fingerprint density at radius 3 is 1.24 bits per heavy atom. The molecular formula is C35H26O2. The van der Waals surface area contributed by atoms with Crippen LogP contribution in [0.15, 0.2) is 121 Å². The zero-order valence-electron chi connectivity index (χ0n) is 20.9. The Labute approximate surface area is 216 Å². The van der Waals surface area contributed by atoms with E-state index in [-0.39, 0.29) is 5.41 Å². The lowest BCUT2D eigenvalue weighted by atomic mass is 9.82. The third-order valence-corrected chi connectivity index (χ3v) is 7.53. The van der Waals surface area contributed by atoms with Crippen LogP contribution in [0.25, 0.3) is 32.7 Å². The van der Waals surface area contributed by atoms with Crippen LogP contribution in [0.1, 0.15) is 25.0 Å². The molecule has 37 heavy (non-hydrogen) atoms. The van der Waals surface area contributed by atoms with Gasteiger partial charge in [-0.25, -0.2) is 0 Å². The Bertz CT molecular complexity index is 1680. The molecule has 0 atom stereocenters. The van der Waals surface area contributed by atoms with Gasteiger partial charge in [0.1, 0.15) is 23.0 Å². The van der Waals surface area contributed by atoms with Crippen molar-refractivity contribution in [2.24, 2.45) is 0 Å². The molecule has 0 fully saturated rings. The zero-order chi connectivity index (χ0) is 25.0. The summed E-state index contributed by atoms with van der Waals surface area (Å²) in [7, 11) is 0. The molecule has 0 radical (unpaired) electrons. The molecule has 2 heteroatoms. The van der Waals surface area contributed by atoms with E-state index in [9.17, 15) is 0 Å². The number of fused-ring (bicyclic) bond motifs is 5. The van der Waals surface area contributed by atoms with E-state index in [1.807, 2.05) is 12.1 Å². The molecular weight excluding hydrogens is 452 g/mol. The summed E-state index contributed by atoms with van der Waals surface area (Å²) in [4.78, 5) is 0. The lowest BCUT2D eigenvalue weighted by Gasteiger charge is -2.22. The summed E-state index contributed by atoms with van der Waals surface area (Å²) in [5.41, 5.74) is 4.87. The second kappa shape index (κ2) is 8.25. The number of rotatable bonds is 4. The van der Waals surface area contributed by atoms with Crippen molar-refractivity contribution < 1.29 is 9.47 Å². The molecule has 0 heterocycles. The van der Waals surface area contributed by atoms with E-state index >= 15 is 0 Å². The standard InChI is InChI=1S/C35H26O2/c1-35(2)33-21-29(36-27-13-11-23-7-3-5-9-25(23)19-27)15-17-31(33)32-18-16-30(22-34(32)35)37-28-14-12-24-8-4-6-10-26(24)20-28/h3-22H,1-2H3. The van der Waals surface area contributed by atoms with Crippen molar-refractivity contribution in [3.63, 3.8) is 0 Å². The summed E-state index contributed by atoms with van der Waals surface area (Å²) in [6.45, 7) is 4.55. The third kappa shape index (κ3) is 3.73. The Balaban J connectivity index is 1.19. The van der Waals surface area contributed by atoms with Crippen LogP contribution in [0.3, 0.4) is 0 Å². The predicted octanol–water partition coefficient (Wildman–Crippen LogP) is 9.88. The fourth-order valence-corrected chi connectivity index (χ4v) is 5.56. The summed E-state index contributed by atoms with van der Waals surface area (Å²) in [5, 5.41) is 4.77. The monoisotopic (exact) mass is 478 g/mol. The van der Waals surface area contributed by atoms with E-state index in [4.69, 9.17) is 9.47 Å². The molecule has 7 rings (SSSR count). The minimum Gasteiger partial charge on any atom is -0.457 e. The second-order valence-corrected chi connectivity index (χ2v) is 10.3. The van der Waals surface area contributed by atoms with Gasteiger partial charge in [0.15, 0.2) is 0 Å². The van der Waals surface area contributed by atoms with E-state index in [0.29, 0.717) is 0 Å². The smallest absolute Gasteiger partial charge is 0.128 e. The fourth-order valence-electron chi connectivity index (χ4n) is 5.56. The molecule has 0 bridgehead atoms. The van der Waals surface area contributed by atoms with Crippen molar-refractivity contribution in [3.05, 3.63) is 132 Å². The van der Waals surface area contributed by atoms with Gasteiger partial charge in [0.2, 0.25) is 0 Å². The highest BCUT2D eigenvalue weighted by atomic mass is 16.5. The highest BCUT2D eigenvalue weighted by Gasteiger charge is 2.36. The molecule has 6 aromatic rings. The first kappa shape index (κ1) is 21.7. The average Bonchev–Trinajstić information content (AvgIpc) is 3.14.